The number of carbonyl (C=O) groups is 1. The molecule has 5 nitrogen and oxygen atoms in total. The lowest BCUT2D eigenvalue weighted by molar-refractivity contribution is -0.128. The molecule has 0 saturated carbocycles. The molecular formula is C11H20N2O3. The highest BCUT2D eigenvalue weighted by Crippen LogP contribution is 2.11. The van der Waals surface area contributed by atoms with Gasteiger partial charge in [0, 0.05) is 38.9 Å². The van der Waals surface area contributed by atoms with E-state index >= 15 is 0 Å². The SMILES string of the molecule is COCCN(CCO)C(=O)C(C)=C1CNC1. The number of amides is 1. The third kappa shape index (κ3) is 3.30. The summed E-state index contributed by atoms with van der Waals surface area (Å²) in [5, 5.41) is 12.0. The molecule has 0 spiro atoms. The zero-order valence-corrected chi connectivity index (χ0v) is 9.95. The Kier molecular flexibility index (Phi) is 5.45. The van der Waals surface area contributed by atoms with E-state index in [-0.39, 0.29) is 12.5 Å². The van der Waals surface area contributed by atoms with Crippen molar-refractivity contribution in [2.45, 2.75) is 6.92 Å². The standard InChI is InChI=1S/C11H20N2O3/c1-9(10-7-12-8-10)11(15)13(3-5-14)4-6-16-2/h12,14H,3-8H2,1-2H3. The van der Waals surface area contributed by atoms with Gasteiger partial charge in [-0.3, -0.25) is 4.79 Å². The van der Waals surface area contributed by atoms with Crippen LogP contribution in [0.5, 0.6) is 0 Å². The van der Waals surface area contributed by atoms with Gasteiger partial charge in [0.1, 0.15) is 0 Å². The highest BCUT2D eigenvalue weighted by molar-refractivity contribution is 5.94. The molecule has 5 heteroatoms. The van der Waals surface area contributed by atoms with Crippen LogP contribution in [0.4, 0.5) is 0 Å². The summed E-state index contributed by atoms with van der Waals surface area (Å²) in [6, 6.07) is 0. The highest BCUT2D eigenvalue weighted by Gasteiger charge is 2.20. The predicted octanol–water partition coefficient (Wildman–Crippen LogP) is -0.627. The van der Waals surface area contributed by atoms with E-state index in [9.17, 15) is 4.79 Å². The van der Waals surface area contributed by atoms with Crippen LogP contribution in [-0.4, -0.2) is 62.4 Å². The fourth-order valence-corrected chi connectivity index (χ4v) is 1.54. The van der Waals surface area contributed by atoms with Gasteiger partial charge >= 0.3 is 0 Å². The normalized spacial score (nSPS) is 14.6. The lowest BCUT2D eigenvalue weighted by Gasteiger charge is -2.26. The van der Waals surface area contributed by atoms with Crippen molar-refractivity contribution in [3.8, 4) is 0 Å². The van der Waals surface area contributed by atoms with Gasteiger partial charge in [-0.2, -0.15) is 0 Å². The van der Waals surface area contributed by atoms with Gasteiger partial charge in [-0.25, -0.2) is 0 Å². The topological polar surface area (TPSA) is 61.8 Å². The van der Waals surface area contributed by atoms with Crippen LogP contribution in [0.15, 0.2) is 11.1 Å². The van der Waals surface area contributed by atoms with E-state index in [4.69, 9.17) is 9.84 Å². The number of hydrogen-bond acceptors (Lipinski definition) is 4. The molecule has 0 atom stereocenters. The Labute approximate surface area is 96.1 Å². The van der Waals surface area contributed by atoms with Crippen LogP contribution in [0, 0.1) is 0 Å². The Bertz CT molecular complexity index is 270. The maximum Gasteiger partial charge on any atom is 0.249 e. The maximum atomic E-state index is 12.0. The van der Waals surface area contributed by atoms with Crippen molar-refractivity contribution >= 4 is 5.91 Å². The summed E-state index contributed by atoms with van der Waals surface area (Å²) in [4.78, 5) is 13.7. The number of rotatable bonds is 6. The van der Waals surface area contributed by atoms with E-state index in [1.807, 2.05) is 6.92 Å². The number of aliphatic hydroxyl groups excluding tert-OH is 1. The number of hydrogen-bond donors (Lipinski definition) is 2. The molecule has 0 aliphatic carbocycles. The molecule has 1 fully saturated rings. The summed E-state index contributed by atoms with van der Waals surface area (Å²) in [6.45, 7) is 4.80. The smallest absolute Gasteiger partial charge is 0.249 e. The summed E-state index contributed by atoms with van der Waals surface area (Å²) in [6.07, 6.45) is 0. The third-order valence-corrected chi connectivity index (χ3v) is 2.75. The molecule has 1 rings (SSSR count). The Morgan fingerprint density at radius 2 is 2.19 bits per heavy atom. The summed E-state index contributed by atoms with van der Waals surface area (Å²) in [7, 11) is 1.60. The number of nitrogens with zero attached hydrogens (tertiary/aromatic N) is 1. The van der Waals surface area contributed by atoms with Crippen LogP contribution >= 0.6 is 0 Å². The molecule has 1 saturated heterocycles. The minimum Gasteiger partial charge on any atom is -0.395 e. The van der Waals surface area contributed by atoms with Crippen molar-refractivity contribution in [2.75, 3.05) is 46.5 Å². The Morgan fingerprint density at radius 3 is 2.62 bits per heavy atom. The largest absolute Gasteiger partial charge is 0.395 e. The number of nitrogens with one attached hydrogen (secondary N) is 1. The molecule has 92 valence electrons. The fraction of sp³-hybridized carbons (Fsp3) is 0.727. The van der Waals surface area contributed by atoms with Crippen molar-refractivity contribution < 1.29 is 14.6 Å². The fourth-order valence-electron chi connectivity index (χ4n) is 1.54. The first-order valence-corrected chi connectivity index (χ1v) is 5.49. The number of carbonyl (C=O) groups excluding carboxylic acids is 1. The van der Waals surface area contributed by atoms with E-state index in [0.717, 1.165) is 24.2 Å². The first-order chi connectivity index (χ1) is 7.70. The van der Waals surface area contributed by atoms with Crippen molar-refractivity contribution in [2.24, 2.45) is 0 Å². The second kappa shape index (κ2) is 6.62. The summed E-state index contributed by atoms with van der Waals surface area (Å²) < 4.78 is 4.95. The number of ether oxygens (including phenoxy) is 1. The zero-order valence-electron chi connectivity index (χ0n) is 9.95. The van der Waals surface area contributed by atoms with Crippen LogP contribution in [0.1, 0.15) is 6.92 Å². The Morgan fingerprint density at radius 1 is 1.50 bits per heavy atom. The van der Waals surface area contributed by atoms with Crippen LogP contribution in [0.3, 0.4) is 0 Å². The number of aliphatic hydroxyl groups is 1. The molecule has 1 aliphatic rings. The maximum absolute atomic E-state index is 12.0. The van der Waals surface area contributed by atoms with Crippen LogP contribution in [0.25, 0.3) is 0 Å². The van der Waals surface area contributed by atoms with Gasteiger partial charge in [0.25, 0.3) is 0 Å². The van der Waals surface area contributed by atoms with Gasteiger partial charge in [-0.1, -0.05) is 0 Å². The quantitative estimate of drug-likeness (QED) is 0.594. The molecule has 0 radical (unpaired) electrons. The predicted molar refractivity (Wildman–Crippen MR) is 61.1 cm³/mol. The number of methoxy groups -OCH3 is 1. The monoisotopic (exact) mass is 228 g/mol. The second-order valence-corrected chi connectivity index (χ2v) is 3.84. The molecule has 1 amide bonds. The van der Waals surface area contributed by atoms with Crippen LogP contribution in [-0.2, 0) is 9.53 Å². The minimum absolute atomic E-state index is 0.00241. The first-order valence-electron chi connectivity index (χ1n) is 5.49. The molecule has 2 N–H and O–H groups in total. The van der Waals surface area contributed by atoms with E-state index in [1.165, 1.54) is 0 Å². The van der Waals surface area contributed by atoms with E-state index in [0.29, 0.717) is 19.7 Å². The average molecular weight is 228 g/mol. The summed E-state index contributed by atoms with van der Waals surface area (Å²) in [5.74, 6) is 0.00241. The molecule has 0 aromatic rings. The van der Waals surface area contributed by atoms with Gasteiger partial charge < -0.3 is 20.1 Å². The summed E-state index contributed by atoms with van der Waals surface area (Å²) in [5.41, 5.74) is 1.95. The molecular weight excluding hydrogens is 208 g/mol. The van der Waals surface area contributed by atoms with E-state index in [1.54, 1.807) is 12.0 Å². The molecule has 0 bridgehead atoms. The second-order valence-electron chi connectivity index (χ2n) is 3.84. The van der Waals surface area contributed by atoms with E-state index in [2.05, 4.69) is 5.32 Å². The van der Waals surface area contributed by atoms with Crippen molar-refractivity contribution in [1.82, 2.24) is 10.2 Å². The molecule has 0 aromatic heterocycles. The lowest BCUT2D eigenvalue weighted by atomic mass is 10.0. The summed E-state index contributed by atoms with van der Waals surface area (Å²) >= 11 is 0. The van der Waals surface area contributed by atoms with Gasteiger partial charge in [0.05, 0.1) is 13.2 Å². The van der Waals surface area contributed by atoms with Crippen molar-refractivity contribution in [1.29, 1.82) is 0 Å². The van der Waals surface area contributed by atoms with E-state index < -0.39 is 0 Å². The third-order valence-electron chi connectivity index (χ3n) is 2.75. The van der Waals surface area contributed by atoms with Gasteiger partial charge in [-0.05, 0) is 12.5 Å². The molecule has 1 aliphatic heterocycles. The molecule has 16 heavy (non-hydrogen) atoms. The molecule has 1 heterocycles. The molecule has 0 aromatic carbocycles. The van der Waals surface area contributed by atoms with Crippen LogP contribution < -0.4 is 5.32 Å². The van der Waals surface area contributed by atoms with Crippen molar-refractivity contribution in [3.05, 3.63) is 11.1 Å². The van der Waals surface area contributed by atoms with Gasteiger partial charge in [0.2, 0.25) is 5.91 Å². The van der Waals surface area contributed by atoms with Gasteiger partial charge in [0.15, 0.2) is 0 Å². The Balaban J connectivity index is 2.58. The average Bonchev–Trinajstić information content (AvgIpc) is 2.20. The highest BCUT2D eigenvalue weighted by atomic mass is 16.5. The minimum atomic E-state index is -0.0175. The van der Waals surface area contributed by atoms with Gasteiger partial charge in [-0.15, -0.1) is 0 Å². The van der Waals surface area contributed by atoms with Crippen molar-refractivity contribution in [3.63, 3.8) is 0 Å². The zero-order chi connectivity index (χ0) is 12.0. The lowest BCUT2D eigenvalue weighted by Crippen LogP contribution is -2.41. The molecule has 0 unspecified atom stereocenters. The first kappa shape index (κ1) is 13.2. The van der Waals surface area contributed by atoms with Crippen LogP contribution in [0.2, 0.25) is 0 Å². The Hall–Kier alpha value is -0.910.